The fourth-order valence-corrected chi connectivity index (χ4v) is 2.85. The second-order valence-corrected chi connectivity index (χ2v) is 5.38. The summed E-state index contributed by atoms with van der Waals surface area (Å²) in [4.78, 5) is 12.3. The van der Waals surface area contributed by atoms with Gasteiger partial charge in [-0.15, -0.1) is 11.3 Å². The standard InChI is InChI=1S/C11H6BrClFNOS/c12-7-3-4-17-10(7)11(16)15-9-5-6(13)1-2-8(9)14/h1-5H,(H,15,16). The van der Waals surface area contributed by atoms with Crippen LogP contribution < -0.4 is 5.32 Å². The first-order valence-corrected chi connectivity index (χ1v) is 6.62. The van der Waals surface area contributed by atoms with Crippen LogP contribution in [0.15, 0.2) is 34.1 Å². The average molecular weight is 335 g/mol. The van der Waals surface area contributed by atoms with Gasteiger partial charge in [-0.25, -0.2) is 4.39 Å². The van der Waals surface area contributed by atoms with Crippen LogP contribution in [0.5, 0.6) is 0 Å². The van der Waals surface area contributed by atoms with Crippen molar-refractivity contribution in [3.05, 3.63) is 49.8 Å². The minimum Gasteiger partial charge on any atom is -0.319 e. The van der Waals surface area contributed by atoms with Gasteiger partial charge in [-0.05, 0) is 45.6 Å². The van der Waals surface area contributed by atoms with E-state index in [1.165, 1.54) is 29.5 Å². The van der Waals surface area contributed by atoms with Crippen LogP contribution in [-0.4, -0.2) is 5.91 Å². The fraction of sp³-hybridized carbons (Fsp3) is 0. The maximum Gasteiger partial charge on any atom is 0.266 e. The van der Waals surface area contributed by atoms with Crippen molar-refractivity contribution < 1.29 is 9.18 Å². The third-order valence-corrected chi connectivity index (χ3v) is 4.07. The number of hydrogen-bond donors (Lipinski definition) is 1. The van der Waals surface area contributed by atoms with Gasteiger partial charge >= 0.3 is 0 Å². The summed E-state index contributed by atoms with van der Waals surface area (Å²) in [6, 6.07) is 5.76. The van der Waals surface area contributed by atoms with E-state index in [9.17, 15) is 9.18 Å². The number of carbonyl (C=O) groups is 1. The lowest BCUT2D eigenvalue weighted by molar-refractivity contribution is 0.102. The molecule has 0 aliphatic heterocycles. The maximum atomic E-state index is 13.4. The zero-order valence-corrected chi connectivity index (χ0v) is 11.5. The fourth-order valence-electron chi connectivity index (χ4n) is 1.23. The number of anilines is 1. The van der Waals surface area contributed by atoms with E-state index in [-0.39, 0.29) is 11.6 Å². The zero-order valence-electron chi connectivity index (χ0n) is 8.34. The number of hydrogen-bond acceptors (Lipinski definition) is 2. The molecule has 2 aromatic rings. The van der Waals surface area contributed by atoms with Gasteiger partial charge < -0.3 is 5.32 Å². The number of rotatable bonds is 2. The van der Waals surface area contributed by atoms with E-state index in [2.05, 4.69) is 21.2 Å². The van der Waals surface area contributed by atoms with Crippen molar-refractivity contribution in [2.24, 2.45) is 0 Å². The molecule has 0 fully saturated rings. The first-order chi connectivity index (χ1) is 8.08. The van der Waals surface area contributed by atoms with Crippen molar-refractivity contribution in [1.29, 1.82) is 0 Å². The van der Waals surface area contributed by atoms with Crippen molar-refractivity contribution in [3.63, 3.8) is 0 Å². The Morgan fingerprint density at radius 3 is 2.82 bits per heavy atom. The highest BCUT2D eigenvalue weighted by molar-refractivity contribution is 9.10. The first kappa shape index (κ1) is 12.5. The smallest absolute Gasteiger partial charge is 0.266 e. The van der Waals surface area contributed by atoms with Crippen molar-refractivity contribution >= 4 is 50.5 Å². The van der Waals surface area contributed by atoms with Crippen LogP contribution in [0, 0.1) is 5.82 Å². The van der Waals surface area contributed by atoms with Crippen LogP contribution in [-0.2, 0) is 0 Å². The van der Waals surface area contributed by atoms with E-state index in [0.717, 1.165) is 0 Å². The molecular weight excluding hydrogens is 329 g/mol. The van der Waals surface area contributed by atoms with E-state index in [4.69, 9.17) is 11.6 Å². The predicted molar refractivity (Wildman–Crippen MR) is 71.4 cm³/mol. The Labute approximate surface area is 115 Å². The number of carbonyl (C=O) groups excluding carboxylic acids is 1. The third kappa shape index (κ3) is 2.86. The van der Waals surface area contributed by atoms with Gasteiger partial charge in [0.05, 0.1) is 5.69 Å². The molecule has 17 heavy (non-hydrogen) atoms. The molecule has 0 saturated carbocycles. The number of thiophene rings is 1. The lowest BCUT2D eigenvalue weighted by atomic mass is 10.3. The largest absolute Gasteiger partial charge is 0.319 e. The van der Waals surface area contributed by atoms with Crippen LogP contribution in [0.4, 0.5) is 10.1 Å². The summed E-state index contributed by atoms with van der Waals surface area (Å²) >= 11 is 10.2. The maximum absolute atomic E-state index is 13.4. The molecule has 0 aliphatic rings. The number of nitrogens with one attached hydrogen (secondary N) is 1. The lowest BCUT2D eigenvalue weighted by Gasteiger charge is -2.05. The van der Waals surface area contributed by atoms with Crippen molar-refractivity contribution in [1.82, 2.24) is 0 Å². The van der Waals surface area contributed by atoms with Gasteiger partial charge in [0.25, 0.3) is 5.91 Å². The van der Waals surface area contributed by atoms with E-state index in [1.54, 1.807) is 11.4 Å². The summed E-state index contributed by atoms with van der Waals surface area (Å²) in [6.45, 7) is 0. The lowest BCUT2D eigenvalue weighted by Crippen LogP contribution is -2.11. The van der Waals surface area contributed by atoms with Crippen LogP contribution in [0.1, 0.15) is 9.67 Å². The van der Waals surface area contributed by atoms with Crippen molar-refractivity contribution in [2.45, 2.75) is 0 Å². The van der Waals surface area contributed by atoms with E-state index < -0.39 is 5.82 Å². The Balaban J connectivity index is 2.24. The molecule has 6 heteroatoms. The average Bonchev–Trinajstić information content (AvgIpc) is 2.70. The van der Waals surface area contributed by atoms with Gasteiger partial charge in [0.15, 0.2) is 0 Å². The molecule has 0 aliphatic carbocycles. The quantitative estimate of drug-likeness (QED) is 0.857. The van der Waals surface area contributed by atoms with Gasteiger partial charge in [-0.1, -0.05) is 11.6 Å². The molecule has 88 valence electrons. The van der Waals surface area contributed by atoms with Crippen LogP contribution >= 0.6 is 38.9 Å². The molecule has 2 rings (SSSR count). The molecule has 0 bridgehead atoms. The second kappa shape index (κ2) is 5.16. The molecule has 1 heterocycles. The second-order valence-electron chi connectivity index (χ2n) is 3.18. The number of benzene rings is 1. The first-order valence-electron chi connectivity index (χ1n) is 4.57. The molecule has 1 amide bonds. The Morgan fingerprint density at radius 1 is 1.41 bits per heavy atom. The Morgan fingerprint density at radius 2 is 2.18 bits per heavy atom. The number of amides is 1. The van der Waals surface area contributed by atoms with Gasteiger partial charge in [-0.2, -0.15) is 0 Å². The molecule has 0 spiro atoms. The van der Waals surface area contributed by atoms with Crippen molar-refractivity contribution in [3.8, 4) is 0 Å². The van der Waals surface area contributed by atoms with Gasteiger partial charge in [0.2, 0.25) is 0 Å². The molecule has 1 aromatic heterocycles. The van der Waals surface area contributed by atoms with Crippen LogP contribution in [0.25, 0.3) is 0 Å². The topological polar surface area (TPSA) is 29.1 Å². The zero-order chi connectivity index (χ0) is 12.4. The minimum absolute atomic E-state index is 0.0720. The molecule has 0 atom stereocenters. The minimum atomic E-state index is -0.518. The Hall–Kier alpha value is -0.910. The number of halogens is 3. The highest BCUT2D eigenvalue weighted by atomic mass is 79.9. The van der Waals surface area contributed by atoms with Crippen molar-refractivity contribution in [2.75, 3.05) is 5.32 Å². The van der Waals surface area contributed by atoms with E-state index in [0.29, 0.717) is 14.4 Å². The molecule has 0 radical (unpaired) electrons. The summed E-state index contributed by atoms with van der Waals surface area (Å²) in [5.74, 6) is -0.886. The Kier molecular flexibility index (Phi) is 3.81. The summed E-state index contributed by atoms with van der Waals surface area (Å²) in [5.41, 5.74) is 0.0720. The third-order valence-electron chi connectivity index (χ3n) is 2.00. The Bertz CT molecular complexity index is 572. The summed E-state index contributed by atoms with van der Waals surface area (Å²) in [6.07, 6.45) is 0. The van der Waals surface area contributed by atoms with Gasteiger partial charge in [-0.3, -0.25) is 4.79 Å². The molecule has 1 N–H and O–H groups in total. The van der Waals surface area contributed by atoms with Gasteiger partial charge in [0.1, 0.15) is 10.7 Å². The van der Waals surface area contributed by atoms with Crippen LogP contribution in [0.2, 0.25) is 5.02 Å². The summed E-state index contributed by atoms with van der Waals surface area (Å²) in [5, 5.41) is 4.61. The SMILES string of the molecule is O=C(Nc1cc(Cl)ccc1F)c1sccc1Br. The molecular formula is C11H6BrClFNOS. The monoisotopic (exact) mass is 333 g/mol. The molecule has 1 aromatic carbocycles. The molecule has 0 unspecified atom stereocenters. The predicted octanol–water partition coefficient (Wildman–Crippen LogP) is 4.56. The summed E-state index contributed by atoms with van der Waals surface area (Å²) < 4.78 is 14.1. The van der Waals surface area contributed by atoms with Gasteiger partial charge in [0, 0.05) is 9.50 Å². The van der Waals surface area contributed by atoms with Crippen LogP contribution in [0.3, 0.4) is 0 Å². The highest BCUT2D eigenvalue weighted by Gasteiger charge is 2.13. The molecule has 2 nitrogen and oxygen atoms in total. The highest BCUT2D eigenvalue weighted by Crippen LogP contribution is 2.25. The summed E-state index contributed by atoms with van der Waals surface area (Å²) in [7, 11) is 0. The molecule has 0 saturated heterocycles. The van der Waals surface area contributed by atoms with E-state index in [1.807, 2.05) is 0 Å². The normalized spacial score (nSPS) is 10.3. The van der Waals surface area contributed by atoms with E-state index >= 15 is 0 Å².